The Morgan fingerprint density at radius 3 is 2.45 bits per heavy atom. The lowest BCUT2D eigenvalue weighted by Crippen LogP contribution is -2.31. The number of nitrogens with zero attached hydrogens (tertiary/aromatic N) is 1. The monoisotopic (exact) mass is 296 g/mol. The van der Waals surface area contributed by atoms with E-state index >= 15 is 0 Å². The highest BCUT2D eigenvalue weighted by Crippen LogP contribution is 2.09. The van der Waals surface area contributed by atoms with Crippen molar-refractivity contribution in [3.63, 3.8) is 0 Å². The van der Waals surface area contributed by atoms with Crippen LogP contribution in [-0.2, 0) is 10.0 Å². The largest absolute Gasteiger partial charge is 0.395 e. The summed E-state index contributed by atoms with van der Waals surface area (Å²) in [5.41, 5.74) is 0.727. The zero-order valence-corrected chi connectivity index (χ0v) is 12.6. The number of sulfonamides is 1. The van der Waals surface area contributed by atoms with Crippen LogP contribution in [0.15, 0.2) is 29.2 Å². The summed E-state index contributed by atoms with van der Waals surface area (Å²) in [6.45, 7) is 1.03. The fourth-order valence-electron chi connectivity index (χ4n) is 1.42. The predicted molar refractivity (Wildman–Crippen MR) is 78.8 cm³/mol. The van der Waals surface area contributed by atoms with E-state index in [0.717, 1.165) is 5.56 Å². The summed E-state index contributed by atoms with van der Waals surface area (Å²) in [5.74, 6) is 5.64. The third-order valence-corrected chi connectivity index (χ3v) is 3.96. The van der Waals surface area contributed by atoms with Crippen molar-refractivity contribution in [1.29, 1.82) is 0 Å². The Morgan fingerprint density at radius 1 is 1.25 bits per heavy atom. The molecular formula is C14H20N2O3S. The lowest BCUT2D eigenvalue weighted by molar-refractivity contribution is 0.305. The van der Waals surface area contributed by atoms with E-state index in [0.29, 0.717) is 19.5 Å². The number of aliphatic hydroxyl groups is 1. The summed E-state index contributed by atoms with van der Waals surface area (Å²) in [6, 6.07) is 6.37. The molecule has 1 aromatic rings. The number of rotatable bonds is 6. The molecule has 5 nitrogen and oxygen atoms in total. The number of nitrogens with one attached hydrogen (secondary N) is 1. The van der Waals surface area contributed by atoms with Gasteiger partial charge in [-0.3, -0.25) is 0 Å². The molecule has 1 aromatic carbocycles. The fraction of sp³-hybridized carbons (Fsp3) is 0.429. The van der Waals surface area contributed by atoms with Crippen molar-refractivity contribution in [1.82, 2.24) is 9.62 Å². The Bertz CT molecular complexity index is 569. The van der Waals surface area contributed by atoms with Crippen LogP contribution in [0.5, 0.6) is 0 Å². The number of hydrogen-bond acceptors (Lipinski definition) is 4. The van der Waals surface area contributed by atoms with E-state index in [9.17, 15) is 8.42 Å². The SMILES string of the molecule is CN(C)CCNS(=O)(=O)c1ccc(C#CCCO)cc1. The molecule has 0 heterocycles. The molecule has 0 unspecified atom stereocenters. The van der Waals surface area contributed by atoms with Crippen LogP contribution in [0.25, 0.3) is 0 Å². The van der Waals surface area contributed by atoms with Gasteiger partial charge in [-0.25, -0.2) is 13.1 Å². The van der Waals surface area contributed by atoms with Crippen LogP contribution in [0.4, 0.5) is 0 Å². The number of hydrogen-bond donors (Lipinski definition) is 2. The molecule has 20 heavy (non-hydrogen) atoms. The second-order valence-electron chi connectivity index (χ2n) is 4.50. The Hall–Kier alpha value is -1.39. The van der Waals surface area contributed by atoms with Crippen molar-refractivity contribution < 1.29 is 13.5 Å². The zero-order chi connectivity index (χ0) is 15.0. The van der Waals surface area contributed by atoms with Gasteiger partial charge in [-0.15, -0.1) is 0 Å². The van der Waals surface area contributed by atoms with Crippen LogP contribution in [0.2, 0.25) is 0 Å². The second kappa shape index (κ2) is 8.02. The van der Waals surface area contributed by atoms with Crippen LogP contribution in [-0.4, -0.2) is 52.2 Å². The molecule has 0 saturated carbocycles. The Kier molecular flexibility index (Phi) is 6.68. The Morgan fingerprint density at radius 2 is 1.90 bits per heavy atom. The molecule has 0 bridgehead atoms. The smallest absolute Gasteiger partial charge is 0.240 e. The molecule has 6 heteroatoms. The third kappa shape index (κ3) is 5.72. The highest BCUT2D eigenvalue weighted by atomic mass is 32.2. The Balaban J connectivity index is 2.70. The zero-order valence-electron chi connectivity index (χ0n) is 11.8. The predicted octanol–water partition coefficient (Wildman–Crippen LogP) is 0.260. The topological polar surface area (TPSA) is 69.6 Å². The average Bonchev–Trinajstić information content (AvgIpc) is 2.39. The Labute approximate surface area is 120 Å². The van der Waals surface area contributed by atoms with Crippen molar-refractivity contribution >= 4 is 10.0 Å². The van der Waals surface area contributed by atoms with Gasteiger partial charge in [0.25, 0.3) is 0 Å². The van der Waals surface area contributed by atoms with Crippen molar-refractivity contribution in [3.8, 4) is 11.8 Å². The lowest BCUT2D eigenvalue weighted by atomic mass is 10.2. The van der Waals surface area contributed by atoms with Gasteiger partial charge in [0, 0.05) is 25.1 Å². The number of aliphatic hydroxyl groups excluding tert-OH is 1. The second-order valence-corrected chi connectivity index (χ2v) is 6.27. The van der Waals surface area contributed by atoms with Gasteiger partial charge in [-0.2, -0.15) is 0 Å². The standard InChI is InChI=1S/C14H20N2O3S/c1-16(2)11-10-15-20(18,19)14-8-6-13(7-9-14)5-3-4-12-17/h6-9,15,17H,4,10-12H2,1-2H3. The van der Waals surface area contributed by atoms with Crippen molar-refractivity contribution in [2.75, 3.05) is 33.8 Å². The van der Waals surface area contributed by atoms with Crippen LogP contribution in [0.3, 0.4) is 0 Å². The molecule has 110 valence electrons. The molecule has 0 aliphatic rings. The summed E-state index contributed by atoms with van der Waals surface area (Å²) in [4.78, 5) is 2.13. The molecule has 0 aromatic heterocycles. The first-order valence-corrected chi connectivity index (χ1v) is 7.78. The van der Waals surface area contributed by atoms with Gasteiger partial charge < -0.3 is 10.0 Å². The van der Waals surface area contributed by atoms with E-state index in [1.807, 2.05) is 19.0 Å². The molecule has 0 aliphatic heterocycles. The molecule has 0 saturated heterocycles. The van der Waals surface area contributed by atoms with E-state index in [4.69, 9.17) is 5.11 Å². The minimum Gasteiger partial charge on any atom is -0.395 e. The summed E-state index contributed by atoms with van der Waals surface area (Å²) in [5, 5.41) is 8.62. The van der Waals surface area contributed by atoms with E-state index in [1.54, 1.807) is 12.1 Å². The first-order valence-electron chi connectivity index (χ1n) is 6.30. The highest BCUT2D eigenvalue weighted by molar-refractivity contribution is 7.89. The minimum absolute atomic E-state index is 0.0231. The van der Waals surface area contributed by atoms with Gasteiger partial charge in [0.15, 0.2) is 0 Å². The van der Waals surface area contributed by atoms with Crippen LogP contribution in [0.1, 0.15) is 12.0 Å². The normalized spacial score (nSPS) is 11.2. The summed E-state index contributed by atoms with van der Waals surface area (Å²) in [6.07, 6.45) is 0.409. The summed E-state index contributed by atoms with van der Waals surface area (Å²) in [7, 11) is 0.303. The lowest BCUT2D eigenvalue weighted by Gasteiger charge is -2.10. The molecule has 0 spiro atoms. The minimum atomic E-state index is -3.46. The number of likely N-dealkylation sites (N-methyl/N-ethyl adjacent to an activating group) is 1. The quantitative estimate of drug-likeness (QED) is 0.739. The molecule has 0 aliphatic carbocycles. The van der Waals surface area contributed by atoms with Gasteiger partial charge in [-0.05, 0) is 38.4 Å². The highest BCUT2D eigenvalue weighted by Gasteiger charge is 2.12. The first-order chi connectivity index (χ1) is 9.45. The van der Waals surface area contributed by atoms with Gasteiger partial charge >= 0.3 is 0 Å². The molecule has 0 amide bonds. The summed E-state index contributed by atoms with van der Waals surface area (Å²) < 4.78 is 26.5. The van der Waals surface area contributed by atoms with Crippen molar-refractivity contribution in [2.24, 2.45) is 0 Å². The maximum atomic E-state index is 12.0. The van der Waals surface area contributed by atoms with Gasteiger partial charge in [0.1, 0.15) is 0 Å². The molecule has 0 atom stereocenters. The fourth-order valence-corrected chi connectivity index (χ4v) is 2.45. The van der Waals surface area contributed by atoms with Crippen LogP contribution in [0, 0.1) is 11.8 Å². The van der Waals surface area contributed by atoms with Gasteiger partial charge in [0.05, 0.1) is 11.5 Å². The van der Waals surface area contributed by atoms with Crippen molar-refractivity contribution in [2.45, 2.75) is 11.3 Å². The molecule has 2 N–H and O–H groups in total. The summed E-state index contributed by atoms with van der Waals surface area (Å²) >= 11 is 0. The number of benzene rings is 1. The van der Waals surface area contributed by atoms with Crippen molar-refractivity contribution in [3.05, 3.63) is 29.8 Å². The molecule has 1 rings (SSSR count). The van der Waals surface area contributed by atoms with Crippen LogP contribution >= 0.6 is 0 Å². The molecule has 0 radical (unpaired) electrons. The van der Waals surface area contributed by atoms with Gasteiger partial charge in [-0.1, -0.05) is 11.8 Å². The average molecular weight is 296 g/mol. The van der Waals surface area contributed by atoms with E-state index in [-0.39, 0.29) is 11.5 Å². The van der Waals surface area contributed by atoms with E-state index in [1.165, 1.54) is 12.1 Å². The van der Waals surface area contributed by atoms with E-state index in [2.05, 4.69) is 16.6 Å². The van der Waals surface area contributed by atoms with E-state index < -0.39 is 10.0 Å². The maximum Gasteiger partial charge on any atom is 0.240 e. The maximum absolute atomic E-state index is 12.0. The molecular weight excluding hydrogens is 276 g/mol. The van der Waals surface area contributed by atoms with Gasteiger partial charge in [0.2, 0.25) is 10.0 Å². The third-order valence-electron chi connectivity index (χ3n) is 2.49. The van der Waals surface area contributed by atoms with Crippen LogP contribution < -0.4 is 4.72 Å². The first kappa shape index (κ1) is 16.7. The molecule has 0 fully saturated rings.